The van der Waals surface area contributed by atoms with E-state index in [-0.39, 0.29) is 29.4 Å². The van der Waals surface area contributed by atoms with Crippen LogP contribution in [0.25, 0.3) is 10.9 Å². The van der Waals surface area contributed by atoms with Crippen LogP contribution >= 0.6 is 0 Å². The highest BCUT2D eigenvalue weighted by atomic mass is 16.5. The van der Waals surface area contributed by atoms with Crippen molar-refractivity contribution in [2.45, 2.75) is 52.0 Å². The standard InChI is InChI=1S/C20H27NO4/c1-3-5-6-7-8-9-12-21-17-14-15(22)10-11-16(17)18(23)19(20(21)24)25-13-4-2/h4,10-11,14,22-23H,2-3,5-9,12-13H2,1H3. The van der Waals surface area contributed by atoms with Crippen molar-refractivity contribution in [3.63, 3.8) is 0 Å². The van der Waals surface area contributed by atoms with Crippen LogP contribution in [0.1, 0.15) is 45.4 Å². The first kappa shape index (κ1) is 18.9. The number of unbranched alkanes of at least 4 members (excludes halogenated alkanes) is 5. The Bertz CT molecular complexity index is 779. The monoisotopic (exact) mass is 345 g/mol. The second-order valence-corrected chi connectivity index (χ2v) is 6.20. The van der Waals surface area contributed by atoms with Gasteiger partial charge >= 0.3 is 0 Å². The Labute approximate surface area is 148 Å². The molecule has 0 fully saturated rings. The van der Waals surface area contributed by atoms with Crippen LogP contribution in [0.4, 0.5) is 0 Å². The van der Waals surface area contributed by atoms with Crippen molar-refractivity contribution in [1.82, 2.24) is 4.57 Å². The van der Waals surface area contributed by atoms with Crippen molar-refractivity contribution in [3.8, 4) is 17.2 Å². The summed E-state index contributed by atoms with van der Waals surface area (Å²) in [4.78, 5) is 12.7. The minimum Gasteiger partial charge on any atom is -0.508 e. The summed E-state index contributed by atoms with van der Waals surface area (Å²) in [6.07, 6.45) is 8.20. The molecule has 0 unspecified atom stereocenters. The molecule has 1 aromatic heterocycles. The highest BCUT2D eigenvalue weighted by Gasteiger charge is 2.17. The molecule has 5 heteroatoms. The topological polar surface area (TPSA) is 71.7 Å². The summed E-state index contributed by atoms with van der Waals surface area (Å²) >= 11 is 0. The van der Waals surface area contributed by atoms with E-state index in [0.29, 0.717) is 17.4 Å². The van der Waals surface area contributed by atoms with Crippen molar-refractivity contribution >= 4 is 10.9 Å². The molecule has 0 amide bonds. The number of ether oxygens (including phenoxy) is 1. The van der Waals surface area contributed by atoms with Crippen molar-refractivity contribution in [2.75, 3.05) is 6.61 Å². The number of aromatic nitrogens is 1. The molecule has 5 nitrogen and oxygen atoms in total. The number of phenolic OH excluding ortho intramolecular Hbond substituents is 1. The molecule has 0 aliphatic carbocycles. The number of rotatable bonds is 10. The molecule has 136 valence electrons. The fourth-order valence-electron chi connectivity index (χ4n) is 2.94. The summed E-state index contributed by atoms with van der Waals surface area (Å²) in [5, 5.41) is 20.6. The number of pyridine rings is 1. The van der Waals surface area contributed by atoms with E-state index in [1.165, 1.54) is 37.5 Å². The molecule has 2 N–H and O–H groups in total. The van der Waals surface area contributed by atoms with Crippen LogP contribution < -0.4 is 10.3 Å². The first-order chi connectivity index (χ1) is 12.1. The molecule has 0 atom stereocenters. The Morgan fingerprint density at radius 3 is 2.60 bits per heavy atom. The molecule has 1 heterocycles. The minimum atomic E-state index is -0.383. The lowest BCUT2D eigenvalue weighted by molar-refractivity contribution is 0.329. The molecule has 25 heavy (non-hydrogen) atoms. The third-order valence-electron chi connectivity index (χ3n) is 4.26. The minimum absolute atomic E-state index is 0.0581. The number of nitrogens with zero attached hydrogens (tertiary/aromatic N) is 1. The Morgan fingerprint density at radius 1 is 1.16 bits per heavy atom. The van der Waals surface area contributed by atoms with Crippen LogP contribution in [0.2, 0.25) is 0 Å². The van der Waals surface area contributed by atoms with Crippen molar-refractivity contribution in [3.05, 3.63) is 41.2 Å². The highest BCUT2D eigenvalue weighted by molar-refractivity contribution is 5.88. The molecule has 0 saturated heterocycles. The Balaban J connectivity index is 2.33. The van der Waals surface area contributed by atoms with Crippen LogP contribution in [-0.2, 0) is 6.54 Å². The lowest BCUT2D eigenvalue weighted by Crippen LogP contribution is -2.23. The smallest absolute Gasteiger partial charge is 0.297 e. The van der Waals surface area contributed by atoms with E-state index >= 15 is 0 Å². The lowest BCUT2D eigenvalue weighted by Gasteiger charge is -2.15. The van der Waals surface area contributed by atoms with Gasteiger partial charge in [0, 0.05) is 18.0 Å². The summed E-state index contributed by atoms with van der Waals surface area (Å²) < 4.78 is 6.97. The first-order valence-electron chi connectivity index (χ1n) is 8.92. The van der Waals surface area contributed by atoms with Gasteiger partial charge in [0.1, 0.15) is 12.4 Å². The average molecular weight is 345 g/mol. The number of aryl methyl sites for hydroxylation is 1. The number of fused-ring (bicyclic) bond motifs is 1. The van der Waals surface area contributed by atoms with Gasteiger partial charge in [0.25, 0.3) is 5.56 Å². The predicted octanol–water partition coefficient (Wildman–Crippen LogP) is 4.34. The lowest BCUT2D eigenvalue weighted by atomic mass is 10.1. The maximum Gasteiger partial charge on any atom is 0.297 e. The summed E-state index contributed by atoms with van der Waals surface area (Å²) in [5.41, 5.74) is 0.132. The quantitative estimate of drug-likeness (QED) is 0.496. The first-order valence-corrected chi connectivity index (χ1v) is 8.92. The SMILES string of the molecule is C=CCOc1c(O)c2ccc(O)cc2n(CCCCCCCC)c1=O. The van der Waals surface area contributed by atoms with Gasteiger partial charge in [0.05, 0.1) is 5.52 Å². The van der Waals surface area contributed by atoms with Crippen LogP contribution in [0.5, 0.6) is 17.2 Å². The van der Waals surface area contributed by atoms with Crippen molar-refractivity contribution in [2.24, 2.45) is 0 Å². The van der Waals surface area contributed by atoms with E-state index in [2.05, 4.69) is 13.5 Å². The molecule has 0 aliphatic heterocycles. The van der Waals surface area contributed by atoms with Gasteiger partial charge in [-0.3, -0.25) is 4.79 Å². The van der Waals surface area contributed by atoms with Gasteiger partial charge in [-0.1, -0.05) is 51.7 Å². The van der Waals surface area contributed by atoms with Crippen LogP contribution in [-0.4, -0.2) is 21.4 Å². The average Bonchev–Trinajstić information content (AvgIpc) is 2.60. The van der Waals surface area contributed by atoms with Crippen LogP contribution in [0.15, 0.2) is 35.6 Å². The van der Waals surface area contributed by atoms with E-state index in [1.807, 2.05) is 0 Å². The molecule has 2 rings (SSSR count). The molecule has 0 bridgehead atoms. The zero-order chi connectivity index (χ0) is 18.2. The molecule has 2 aromatic rings. The molecular formula is C20H27NO4. The third kappa shape index (κ3) is 4.56. The van der Waals surface area contributed by atoms with Gasteiger partial charge in [-0.05, 0) is 18.6 Å². The Hall–Kier alpha value is -2.43. The van der Waals surface area contributed by atoms with E-state index in [9.17, 15) is 15.0 Å². The summed E-state index contributed by atoms with van der Waals surface area (Å²) in [6, 6.07) is 4.58. The van der Waals surface area contributed by atoms with Gasteiger partial charge in [0.2, 0.25) is 5.75 Å². The largest absolute Gasteiger partial charge is 0.508 e. The summed E-state index contributed by atoms with van der Waals surface area (Å²) in [6.45, 7) is 6.41. The molecular weight excluding hydrogens is 318 g/mol. The molecule has 0 saturated carbocycles. The third-order valence-corrected chi connectivity index (χ3v) is 4.26. The van der Waals surface area contributed by atoms with Gasteiger partial charge in [0.15, 0.2) is 5.75 Å². The zero-order valence-electron chi connectivity index (χ0n) is 14.8. The fraction of sp³-hybridized carbons (Fsp3) is 0.450. The van der Waals surface area contributed by atoms with E-state index < -0.39 is 0 Å². The van der Waals surface area contributed by atoms with Gasteiger partial charge in [-0.25, -0.2) is 0 Å². The van der Waals surface area contributed by atoms with Gasteiger partial charge < -0.3 is 19.5 Å². The molecule has 1 aromatic carbocycles. The number of phenols is 1. The van der Waals surface area contributed by atoms with Gasteiger partial charge in [-0.15, -0.1) is 0 Å². The van der Waals surface area contributed by atoms with E-state index in [4.69, 9.17) is 4.74 Å². The molecule has 0 radical (unpaired) electrons. The molecule has 0 aliphatic rings. The predicted molar refractivity (Wildman–Crippen MR) is 101 cm³/mol. The summed E-state index contributed by atoms with van der Waals surface area (Å²) in [7, 11) is 0. The van der Waals surface area contributed by atoms with Crippen LogP contribution in [0, 0.1) is 0 Å². The number of hydrogen-bond donors (Lipinski definition) is 2. The van der Waals surface area contributed by atoms with Crippen LogP contribution in [0.3, 0.4) is 0 Å². The Kier molecular flexibility index (Phi) is 6.92. The van der Waals surface area contributed by atoms with Crippen molar-refractivity contribution < 1.29 is 14.9 Å². The number of hydrogen-bond acceptors (Lipinski definition) is 4. The Morgan fingerprint density at radius 2 is 1.88 bits per heavy atom. The molecule has 0 spiro atoms. The number of aromatic hydroxyl groups is 2. The maximum atomic E-state index is 12.7. The van der Waals surface area contributed by atoms with E-state index in [1.54, 1.807) is 10.6 Å². The normalized spacial score (nSPS) is 10.9. The second kappa shape index (κ2) is 9.16. The second-order valence-electron chi connectivity index (χ2n) is 6.20. The maximum absolute atomic E-state index is 12.7. The van der Waals surface area contributed by atoms with Crippen molar-refractivity contribution in [1.29, 1.82) is 0 Å². The summed E-state index contributed by atoms with van der Waals surface area (Å²) in [5.74, 6) is -0.201. The number of benzene rings is 1. The highest BCUT2D eigenvalue weighted by Crippen LogP contribution is 2.33. The zero-order valence-corrected chi connectivity index (χ0v) is 14.8. The van der Waals surface area contributed by atoms with Gasteiger partial charge in [-0.2, -0.15) is 0 Å². The van der Waals surface area contributed by atoms with E-state index in [0.717, 1.165) is 19.3 Å². The fourth-order valence-corrected chi connectivity index (χ4v) is 2.94.